The number of carboxylic acid groups (broad SMARTS) is 1. The van der Waals surface area contributed by atoms with Crippen LogP contribution < -0.4 is 0 Å². The average Bonchev–Trinajstić information content (AvgIpc) is 2.90. The Morgan fingerprint density at radius 3 is 2.48 bits per heavy atom. The first-order valence-corrected chi connectivity index (χ1v) is 6.99. The first kappa shape index (κ1) is 15.5. The standard InChI is InChI=1S/C15H14F3N3O2/c16-15(17,18)12-1-3-13(4-2-12)21-7-10(5-19-21)6-20-8-11(9-20)14(22)23/h1-5,7,11H,6,8-9H2,(H,22,23). The van der Waals surface area contributed by atoms with E-state index in [2.05, 4.69) is 5.10 Å². The van der Waals surface area contributed by atoms with Crippen molar-refractivity contribution in [2.75, 3.05) is 13.1 Å². The highest BCUT2D eigenvalue weighted by atomic mass is 19.4. The number of aromatic nitrogens is 2. The zero-order valence-electron chi connectivity index (χ0n) is 12.0. The van der Waals surface area contributed by atoms with Crippen molar-refractivity contribution in [1.82, 2.24) is 14.7 Å². The van der Waals surface area contributed by atoms with Gasteiger partial charge >= 0.3 is 12.1 Å². The first-order valence-electron chi connectivity index (χ1n) is 6.99. The topological polar surface area (TPSA) is 58.4 Å². The number of hydrogen-bond donors (Lipinski definition) is 1. The number of carboxylic acids is 1. The average molecular weight is 325 g/mol. The molecule has 0 unspecified atom stereocenters. The second-order valence-electron chi connectivity index (χ2n) is 5.57. The molecule has 23 heavy (non-hydrogen) atoms. The molecule has 122 valence electrons. The van der Waals surface area contributed by atoms with Gasteiger partial charge in [-0.15, -0.1) is 0 Å². The van der Waals surface area contributed by atoms with Crippen LogP contribution in [0.5, 0.6) is 0 Å². The van der Waals surface area contributed by atoms with Gasteiger partial charge in [0.05, 0.1) is 23.4 Å². The van der Waals surface area contributed by atoms with Gasteiger partial charge in [0.25, 0.3) is 0 Å². The highest BCUT2D eigenvalue weighted by Crippen LogP contribution is 2.29. The predicted octanol–water partition coefficient (Wildman–Crippen LogP) is 2.41. The first-order chi connectivity index (χ1) is 10.8. The molecule has 1 aromatic heterocycles. The number of hydrogen-bond acceptors (Lipinski definition) is 3. The molecular weight excluding hydrogens is 311 g/mol. The lowest BCUT2D eigenvalue weighted by molar-refractivity contribution is -0.147. The second-order valence-corrected chi connectivity index (χ2v) is 5.57. The van der Waals surface area contributed by atoms with Crippen LogP contribution in [0.3, 0.4) is 0 Å². The minimum absolute atomic E-state index is 0.319. The number of aliphatic carboxylic acids is 1. The number of likely N-dealkylation sites (tertiary alicyclic amines) is 1. The highest BCUT2D eigenvalue weighted by Gasteiger charge is 2.32. The summed E-state index contributed by atoms with van der Waals surface area (Å²) in [5.74, 6) is -1.11. The third-order valence-electron chi connectivity index (χ3n) is 3.81. The van der Waals surface area contributed by atoms with E-state index in [4.69, 9.17) is 5.11 Å². The molecule has 0 amide bonds. The lowest BCUT2D eigenvalue weighted by Crippen LogP contribution is -2.49. The van der Waals surface area contributed by atoms with Crippen molar-refractivity contribution in [3.63, 3.8) is 0 Å². The van der Waals surface area contributed by atoms with Crippen molar-refractivity contribution in [3.8, 4) is 5.69 Å². The van der Waals surface area contributed by atoms with Crippen LogP contribution in [0.25, 0.3) is 5.69 Å². The minimum atomic E-state index is -4.36. The van der Waals surface area contributed by atoms with Gasteiger partial charge in [0.1, 0.15) is 0 Å². The van der Waals surface area contributed by atoms with Crippen LogP contribution in [0.4, 0.5) is 13.2 Å². The lowest BCUT2D eigenvalue weighted by atomic mass is 10.0. The largest absolute Gasteiger partial charge is 0.481 e. The Bertz CT molecular complexity index is 704. The molecule has 1 aliphatic rings. The Balaban J connectivity index is 1.64. The summed E-state index contributed by atoms with van der Waals surface area (Å²) in [6.45, 7) is 1.58. The summed E-state index contributed by atoms with van der Waals surface area (Å²) in [6.07, 6.45) is -0.992. The molecule has 2 aromatic rings. The lowest BCUT2D eigenvalue weighted by Gasteiger charge is -2.36. The summed E-state index contributed by atoms with van der Waals surface area (Å²) in [5.41, 5.74) is 0.721. The molecular formula is C15H14F3N3O2. The fraction of sp³-hybridized carbons (Fsp3) is 0.333. The van der Waals surface area contributed by atoms with Crippen molar-refractivity contribution in [1.29, 1.82) is 0 Å². The maximum atomic E-state index is 12.5. The second kappa shape index (κ2) is 5.69. The van der Waals surface area contributed by atoms with Gasteiger partial charge in [-0.05, 0) is 24.3 Å². The molecule has 8 heteroatoms. The van der Waals surface area contributed by atoms with Gasteiger partial charge in [0.15, 0.2) is 0 Å². The molecule has 1 saturated heterocycles. The Kier molecular flexibility index (Phi) is 3.85. The van der Waals surface area contributed by atoms with Crippen LogP contribution in [-0.2, 0) is 17.5 Å². The quantitative estimate of drug-likeness (QED) is 0.938. The number of halogens is 3. The van der Waals surface area contributed by atoms with Crippen molar-refractivity contribution in [3.05, 3.63) is 47.8 Å². The molecule has 1 aromatic carbocycles. The van der Waals surface area contributed by atoms with Crippen molar-refractivity contribution >= 4 is 5.97 Å². The molecule has 1 N–H and O–H groups in total. The Morgan fingerprint density at radius 1 is 1.26 bits per heavy atom. The highest BCUT2D eigenvalue weighted by molar-refractivity contribution is 5.71. The van der Waals surface area contributed by atoms with Crippen LogP contribution in [0.15, 0.2) is 36.7 Å². The molecule has 1 fully saturated rings. The zero-order chi connectivity index (χ0) is 16.6. The van der Waals surface area contributed by atoms with Gasteiger partial charge in [-0.3, -0.25) is 9.69 Å². The third kappa shape index (κ3) is 3.37. The molecule has 0 saturated carbocycles. The molecule has 3 rings (SSSR count). The van der Waals surface area contributed by atoms with Crippen LogP contribution in [-0.4, -0.2) is 38.8 Å². The molecule has 2 heterocycles. The maximum absolute atomic E-state index is 12.5. The summed E-state index contributed by atoms with van der Waals surface area (Å²) in [7, 11) is 0. The van der Waals surface area contributed by atoms with Crippen LogP contribution in [0, 0.1) is 5.92 Å². The molecule has 1 aliphatic heterocycles. The number of rotatable bonds is 4. The summed E-state index contributed by atoms with van der Waals surface area (Å²) in [4.78, 5) is 12.7. The molecule has 0 atom stereocenters. The summed E-state index contributed by atoms with van der Waals surface area (Å²) < 4.78 is 39.1. The molecule has 0 spiro atoms. The smallest absolute Gasteiger partial charge is 0.416 e. The van der Waals surface area contributed by atoms with E-state index >= 15 is 0 Å². The Morgan fingerprint density at radius 2 is 1.91 bits per heavy atom. The van der Waals surface area contributed by atoms with E-state index in [1.807, 2.05) is 4.90 Å². The van der Waals surface area contributed by atoms with Crippen molar-refractivity contribution < 1.29 is 23.1 Å². The van der Waals surface area contributed by atoms with Gasteiger partial charge in [-0.1, -0.05) is 0 Å². The van der Waals surface area contributed by atoms with Gasteiger partial charge < -0.3 is 5.11 Å². The normalized spacial score (nSPS) is 16.3. The fourth-order valence-corrected chi connectivity index (χ4v) is 2.50. The third-order valence-corrected chi connectivity index (χ3v) is 3.81. The number of alkyl halides is 3. The summed E-state index contributed by atoms with van der Waals surface area (Å²) in [6, 6.07) is 4.76. The van der Waals surface area contributed by atoms with E-state index in [-0.39, 0.29) is 5.92 Å². The SMILES string of the molecule is O=C(O)C1CN(Cc2cnn(-c3ccc(C(F)(F)F)cc3)c2)C1. The van der Waals surface area contributed by atoms with E-state index in [0.29, 0.717) is 25.3 Å². The molecule has 0 aliphatic carbocycles. The monoisotopic (exact) mass is 325 g/mol. The fourth-order valence-electron chi connectivity index (χ4n) is 2.50. The van der Waals surface area contributed by atoms with Gasteiger partial charge in [0, 0.05) is 31.4 Å². The Labute approximate surface area is 129 Å². The summed E-state index contributed by atoms with van der Waals surface area (Å²) >= 11 is 0. The molecule has 0 radical (unpaired) electrons. The van der Waals surface area contributed by atoms with E-state index < -0.39 is 17.7 Å². The number of benzene rings is 1. The maximum Gasteiger partial charge on any atom is 0.416 e. The predicted molar refractivity (Wildman–Crippen MR) is 75.0 cm³/mol. The van der Waals surface area contributed by atoms with Crippen LogP contribution >= 0.6 is 0 Å². The Hall–Kier alpha value is -2.35. The van der Waals surface area contributed by atoms with Crippen LogP contribution in [0.1, 0.15) is 11.1 Å². The van der Waals surface area contributed by atoms with Gasteiger partial charge in [-0.2, -0.15) is 18.3 Å². The van der Waals surface area contributed by atoms with Gasteiger partial charge in [0.2, 0.25) is 0 Å². The number of nitrogens with zero attached hydrogens (tertiary/aromatic N) is 3. The van der Waals surface area contributed by atoms with E-state index in [1.165, 1.54) is 16.8 Å². The van der Waals surface area contributed by atoms with E-state index in [0.717, 1.165) is 17.7 Å². The van der Waals surface area contributed by atoms with Crippen LogP contribution in [0.2, 0.25) is 0 Å². The van der Waals surface area contributed by atoms with Crippen molar-refractivity contribution in [2.45, 2.75) is 12.7 Å². The van der Waals surface area contributed by atoms with E-state index in [1.54, 1.807) is 12.4 Å². The summed E-state index contributed by atoms with van der Waals surface area (Å²) in [5, 5.41) is 13.0. The van der Waals surface area contributed by atoms with Crippen molar-refractivity contribution in [2.24, 2.45) is 5.92 Å². The van der Waals surface area contributed by atoms with Gasteiger partial charge in [-0.25, -0.2) is 4.68 Å². The minimum Gasteiger partial charge on any atom is -0.481 e. The molecule has 0 bridgehead atoms. The number of carbonyl (C=O) groups is 1. The van der Waals surface area contributed by atoms with E-state index in [9.17, 15) is 18.0 Å². The zero-order valence-corrected chi connectivity index (χ0v) is 12.0. The molecule has 5 nitrogen and oxygen atoms in total.